The Kier molecular flexibility index (Phi) is 1.39. The molecule has 1 fully saturated rings. The van der Waals surface area contributed by atoms with E-state index in [2.05, 4.69) is 0 Å². The van der Waals surface area contributed by atoms with Gasteiger partial charge in [-0.15, -0.1) is 0 Å². The molecule has 0 bridgehead atoms. The summed E-state index contributed by atoms with van der Waals surface area (Å²) in [7, 11) is 0. The van der Waals surface area contributed by atoms with Gasteiger partial charge in [0.15, 0.2) is 5.13 Å². The minimum absolute atomic E-state index is 0.153. The molecule has 0 amide bonds. The average molecular weight is 153 g/mol. The fourth-order valence-corrected chi connectivity index (χ4v) is 0.965. The Morgan fingerprint density at radius 1 is 2.00 bits per heavy atom. The summed E-state index contributed by atoms with van der Waals surface area (Å²) in [6.45, 7) is 0. The number of hydrogen-bond acceptors (Lipinski definition) is 1. The summed E-state index contributed by atoms with van der Waals surface area (Å²) in [4.78, 5) is 9.91. The Hall–Kier alpha value is -0.310. The highest BCUT2D eigenvalue weighted by Gasteiger charge is 2.54. The van der Waals surface area contributed by atoms with Gasteiger partial charge >= 0.3 is 5.97 Å². The van der Waals surface area contributed by atoms with Crippen LogP contribution in [0.2, 0.25) is 0 Å². The molecule has 1 rings (SSSR count). The maximum atomic E-state index is 12.3. The highest BCUT2D eigenvalue weighted by molar-refractivity contribution is 6.25. The van der Waals surface area contributed by atoms with E-state index in [0.29, 0.717) is 0 Å². The molecule has 0 saturated heterocycles. The fourth-order valence-electron chi connectivity index (χ4n) is 0.702. The van der Waals surface area contributed by atoms with Crippen LogP contribution in [0.25, 0.3) is 0 Å². The van der Waals surface area contributed by atoms with Crippen LogP contribution in [0.15, 0.2) is 0 Å². The van der Waals surface area contributed by atoms with Gasteiger partial charge in [0.2, 0.25) is 0 Å². The van der Waals surface area contributed by atoms with E-state index in [1.807, 2.05) is 0 Å². The quantitative estimate of drug-likeness (QED) is 0.607. The zero-order valence-corrected chi connectivity index (χ0v) is 5.36. The second-order valence-electron chi connectivity index (χ2n) is 2.26. The van der Waals surface area contributed by atoms with Crippen LogP contribution in [0, 0.1) is 5.92 Å². The third kappa shape index (κ3) is 1.55. The van der Waals surface area contributed by atoms with Crippen LogP contribution in [-0.2, 0) is 4.79 Å². The van der Waals surface area contributed by atoms with E-state index in [4.69, 9.17) is 16.7 Å². The first-order chi connectivity index (χ1) is 4.02. The number of carboxylic acid groups (broad SMARTS) is 1. The molecule has 2 nitrogen and oxygen atoms in total. The Balaban J connectivity index is 2.28. The number of aliphatic carboxylic acids is 1. The molecule has 0 spiro atoms. The monoisotopic (exact) mass is 152 g/mol. The van der Waals surface area contributed by atoms with Crippen molar-refractivity contribution in [2.75, 3.05) is 0 Å². The molecule has 2 unspecified atom stereocenters. The lowest BCUT2D eigenvalue weighted by atomic mass is 10.3. The van der Waals surface area contributed by atoms with E-state index < -0.39 is 17.0 Å². The normalized spacial score (nSPS) is 40.4. The molecule has 0 aromatic rings. The summed E-state index contributed by atoms with van der Waals surface area (Å²) in [6, 6.07) is 0. The van der Waals surface area contributed by atoms with E-state index in [0.717, 1.165) is 0 Å². The van der Waals surface area contributed by atoms with Crippen molar-refractivity contribution in [3.63, 3.8) is 0 Å². The molecule has 1 saturated carbocycles. The second-order valence-corrected chi connectivity index (χ2v) is 2.89. The summed E-state index contributed by atoms with van der Waals surface area (Å²) >= 11 is 5.12. The smallest absolute Gasteiger partial charge is 0.303 e. The SMILES string of the molecule is O=C(O)CC1CC1(F)Cl. The topological polar surface area (TPSA) is 37.3 Å². The standard InChI is InChI=1S/C5H6ClFO2/c6-5(7)2-3(5)1-4(8)9/h3H,1-2H2,(H,8,9). The number of carboxylic acids is 1. The summed E-state index contributed by atoms with van der Waals surface area (Å²) < 4.78 is 12.3. The number of hydrogen-bond donors (Lipinski definition) is 1. The average Bonchev–Trinajstić information content (AvgIpc) is 2.10. The summed E-state index contributed by atoms with van der Waals surface area (Å²) in [5, 5.41) is 6.42. The highest BCUT2D eigenvalue weighted by Crippen LogP contribution is 2.52. The molecule has 4 heteroatoms. The maximum absolute atomic E-state index is 12.3. The van der Waals surface area contributed by atoms with Gasteiger partial charge in [-0.3, -0.25) is 4.79 Å². The molecule has 0 aliphatic heterocycles. The minimum atomic E-state index is -1.71. The van der Waals surface area contributed by atoms with Crippen molar-refractivity contribution >= 4 is 17.6 Å². The zero-order chi connectivity index (χ0) is 7.07. The second kappa shape index (κ2) is 1.84. The van der Waals surface area contributed by atoms with Crippen LogP contribution >= 0.6 is 11.6 Å². The van der Waals surface area contributed by atoms with Crippen molar-refractivity contribution in [1.29, 1.82) is 0 Å². The van der Waals surface area contributed by atoms with Gasteiger partial charge in [-0.05, 0) is 0 Å². The van der Waals surface area contributed by atoms with Gasteiger partial charge < -0.3 is 5.11 Å². The third-order valence-corrected chi connectivity index (χ3v) is 1.84. The summed E-state index contributed by atoms with van der Waals surface area (Å²) in [6.07, 6.45) is 0.0286. The van der Waals surface area contributed by atoms with Gasteiger partial charge in [0.1, 0.15) is 0 Å². The zero-order valence-electron chi connectivity index (χ0n) is 4.60. The van der Waals surface area contributed by atoms with Gasteiger partial charge in [-0.2, -0.15) is 0 Å². The molecule has 1 aliphatic rings. The predicted molar refractivity (Wildman–Crippen MR) is 30.1 cm³/mol. The van der Waals surface area contributed by atoms with E-state index in [1.54, 1.807) is 0 Å². The van der Waals surface area contributed by atoms with Crippen molar-refractivity contribution in [3.8, 4) is 0 Å². The summed E-state index contributed by atoms with van der Waals surface area (Å²) in [5.74, 6) is -1.45. The molecule has 2 atom stereocenters. The Morgan fingerprint density at radius 2 is 2.44 bits per heavy atom. The predicted octanol–water partition coefficient (Wildman–Crippen LogP) is 1.39. The lowest BCUT2D eigenvalue weighted by Crippen LogP contribution is -2.00. The van der Waals surface area contributed by atoms with Crippen LogP contribution in [0.3, 0.4) is 0 Å². The van der Waals surface area contributed by atoms with Crippen molar-refractivity contribution in [3.05, 3.63) is 0 Å². The first kappa shape index (κ1) is 6.81. The van der Waals surface area contributed by atoms with Gasteiger partial charge in [0, 0.05) is 12.3 Å². The molecular weight excluding hydrogens is 147 g/mol. The number of alkyl halides is 2. The molecule has 1 aliphatic carbocycles. The summed E-state index contributed by atoms with van der Waals surface area (Å²) in [5.41, 5.74) is 0. The van der Waals surface area contributed by atoms with Gasteiger partial charge in [-0.25, -0.2) is 4.39 Å². The lowest BCUT2D eigenvalue weighted by Gasteiger charge is -1.91. The maximum Gasteiger partial charge on any atom is 0.303 e. The van der Waals surface area contributed by atoms with Crippen molar-refractivity contribution < 1.29 is 14.3 Å². The molecule has 0 heterocycles. The van der Waals surface area contributed by atoms with Crippen molar-refractivity contribution in [1.82, 2.24) is 0 Å². The first-order valence-corrected chi connectivity index (χ1v) is 3.00. The van der Waals surface area contributed by atoms with E-state index in [-0.39, 0.29) is 12.8 Å². The number of carbonyl (C=O) groups is 1. The molecular formula is C5H6ClFO2. The van der Waals surface area contributed by atoms with Crippen LogP contribution in [0.1, 0.15) is 12.8 Å². The van der Waals surface area contributed by atoms with Crippen LogP contribution in [0.4, 0.5) is 4.39 Å². The number of halogens is 2. The first-order valence-electron chi connectivity index (χ1n) is 2.62. The lowest BCUT2D eigenvalue weighted by molar-refractivity contribution is -0.137. The molecule has 1 N–H and O–H groups in total. The highest BCUT2D eigenvalue weighted by atomic mass is 35.5. The molecule has 0 radical (unpaired) electrons. The van der Waals surface area contributed by atoms with E-state index >= 15 is 0 Å². The molecule has 0 aromatic heterocycles. The van der Waals surface area contributed by atoms with Crippen LogP contribution in [-0.4, -0.2) is 16.2 Å². The molecule has 52 valence electrons. The van der Waals surface area contributed by atoms with E-state index in [1.165, 1.54) is 0 Å². The largest absolute Gasteiger partial charge is 0.481 e. The Morgan fingerprint density at radius 3 is 2.56 bits per heavy atom. The van der Waals surface area contributed by atoms with Gasteiger partial charge in [0.05, 0.1) is 6.42 Å². The third-order valence-electron chi connectivity index (χ3n) is 1.38. The van der Waals surface area contributed by atoms with Gasteiger partial charge in [0.25, 0.3) is 0 Å². The van der Waals surface area contributed by atoms with Crippen LogP contribution in [0.5, 0.6) is 0 Å². The molecule has 9 heavy (non-hydrogen) atoms. The van der Waals surface area contributed by atoms with E-state index in [9.17, 15) is 9.18 Å². The van der Waals surface area contributed by atoms with Crippen LogP contribution < -0.4 is 0 Å². The Labute approximate surface area is 56.6 Å². The van der Waals surface area contributed by atoms with Crippen molar-refractivity contribution in [2.24, 2.45) is 5.92 Å². The van der Waals surface area contributed by atoms with Crippen molar-refractivity contribution in [2.45, 2.75) is 18.0 Å². The Bertz CT molecular complexity index is 146. The number of rotatable bonds is 2. The minimum Gasteiger partial charge on any atom is -0.481 e. The molecule has 0 aromatic carbocycles. The fraction of sp³-hybridized carbons (Fsp3) is 0.800. The van der Waals surface area contributed by atoms with Gasteiger partial charge in [-0.1, -0.05) is 11.6 Å².